The number of hydrogen-bond donors (Lipinski definition) is 2. The summed E-state index contributed by atoms with van der Waals surface area (Å²) in [5.41, 5.74) is 1.68. The summed E-state index contributed by atoms with van der Waals surface area (Å²) in [5, 5.41) is 10.1. The summed E-state index contributed by atoms with van der Waals surface area (Å²) in [4.78, 5) is 16.6. The Morgan fingerprint density at radius 3 is 2.75 bits per heavy atom. The minimum atomic E-state index is -3.84. The van der Waals surface area contributed by atoms with Crippen LogP contribution in [0.3, 0.4) is 0 Å². The van der Waals surface area contributed by atoms with Crippen molar-refractivity contribution in [1.29, 1.82) is 0 Å². The number of aromatic nitrogens is 3. The average Bonchev–Trinajstić information content (AvgIpc) is 3.49. The van der Waals surface area contributed by atoms with Gasteiger partial charge in [0.25, 0.3) is 11.8 Å². The molecule has 2 aliphatic rings. The lowest BCUT2D eigenvalue weighted by atomic mass is 9.99. The number of fused-ring (bicyclic) bond motifs is 2. The summed E-state index contributed by atoms with van der Waals surface area (Å²) in [5.74, 6) is -4.30. The van der Waals surface area contributed by atoms with E-state index in [-0.39, 0.29) is 42.8 Å². The highest BCUT2D eigenvalue weighted by Gasteiger charge is 2.55. The maximum Gasteiger partial charge on any atom is 0.253 e. The molecule has 3 aromatic rings. The van der Waals surface area contributed by atoms with Crippen LogP contribution >= 0.6 is 0 Å². The standard InChI is InChI=1S/C21H21F2N5O3S/c22-21(23)6-5-14-11-28(12-18(14)21)32(30,31)17-3-1-13(2-4-17)8-25-20(29)16-7-15-10-26-27-19(15)24-9-16/h1-4,7,9-10,14,18H,5-6,8,11-12H2,(H,25,29)(H,24,26,27)/t14-,18+/m1/s1. The first-order valence-corrected chi connectivity index (χ1v) is 11.7. The Bertz CT molecular complexity index is 1280. The average molecular weight is 461 g/mol. The zero-order chi connectivity index (χ0) is 22.5. The number of nitrogens with zero attached hydrogens (tertiary/aromatic N) is 3. The number of hydrogen-bond acceptors (Lipinski definition) is 5. The number of nitrogens with one attached hydrogen (secondary N) is 2. The van der Waals surface area contributed by atoms with Crippen molar-refractivity contribution in [3.8, 4) is 0 Å². The smallest absolute Gasteiger partial charge is 0.253 e. The fourth-order valence-corrected chi connectivity index (χ4v) is 6.06. The Morgan fingerprint density at radius 2 is 2.00 bits per heavy atom. The number of carbonyl (C=O) groups excluding carboxylic acids is 1. The molecule has 0 radical (unpaired) electrons. The van der Waals surface area contributed by atoms with E-state index in [1.807, 2.05) is 0 Å². The lowest BCUT2D eigenvalue weighted by Crippen LogP contribution is -2.33. The first kappa shape index (κ1) is 21.0. The molecule has 168 valence electrons. The summed E-state index contributed by atoms with van der Waals surface area (Å²) < 4.78 is 55.0. The molecule has 5 rings (SSSR count). The van der Waals surface area contributed by atoms with Gasteiger partial charge in [0.05, 0.1) is 16.7 Å². The van der Waals surface area contributed by atoms with Gasteiger partial charge in [-0.25, -0.2) is 22.2 Å². The van der Waals surface area contributed by atoms with Crippen LogP contribution in [-0.4, -0.2) is 52.8 Å². The number of rotatable bonds is 5. The van der Waals surface area contributed by atoms with Crippen LogP contribution in [-0.2, 0) is 16.6 Å². The van der Waals surface area contributed by atoms with E-state index in [1.165, 1.54) is 22.6 Å². The summed E-state index contributed by atoms with van der Waals surface area (Å²) in [7, 11) is -3.84. The van der Waals surface area contributed by atoms with Crippen LogP contribution in [0, 0.1) is 11.8 Å². The van der Waals surface area contributed by atoms with Gasteiger partial charge in [0, 0.05) is 43.6 Å². The molecule has 0 bridgehead atoms. The van der Waals surface area contributed by atoms with Crippen LogP contribution in [0.5, 0.6) is 0 Å². The van der Waals surface area contributed by atoms with Gasteiger partial charge in [0.15, 0.2) is 5.65 Å². The van der Waals surface area contributed by atoms with E-state index < -0.39 is 21.9 Å². The summed E-state index contributed by atoms with van der Waals surface area (Å²) in [6, 6.07) is 7.78. The van der Waals surface area contributed by atoms with E-state index in [4.69, 9.17) is 0 Å². The molecule has 8 nitrogen and oxygen atoms in total. The third-order valence-corrected chi connectivity index (χ3v) is 8.21. The van der Waals surface area contributed by atoms with Crippen molar-refractivity contribution in [2.75, 3.05) is 13.1 Å². The largest absolute Gasteiger partial charge is 0.348 e. The maximum atomic E-state index is 14.0. The van der Waals surface area contributed by atoms with Crippen molar-refractivity contribution in [1.82, 2.24) is 24.8 Å². The molecule has 0 unspecified atom stereocenters. The van der Waals surface area contributed by atoms with E-state index in [0.29, 0.717) is 23.2 Å². The fraction of sp³-hybridized carbons (Fsp3) is 0.381. The highest BCUT2D eigenvalue weighted by Crippen LogP contribution is 2.49. The topological polar surface area (TPSA) is 108 Å². The van der Waals surface area contributed by atoms with Crippen LogP contribution in [0.2, 0.25) is 0 Å². The summed E-state index contributed by atoms with van der Waals surface area (Å²) in [6.45, 7) is 0.185. The van der Waals surface area contributed by atoms with Crippen molar-refractivity contribution in [2.45, 2.75) is 30.2 Å². The minimum Gasteiger partial charge on any atom is -0.348 e. The van der Waals surface area contributed by atoms with Crippen LogP contribution in [0.25, 0.3) is 11.0 Å². The molecule has 2 atom stereocenters. The Labute approximate surface area is 183 Å². The number of benzene rings is 1. The molecule has 1 saturated carbocycles. The third-order valence-electron chi connectivity index (χ3n) is 6.37. The Morgan fingerprint density at radius 1 is 1.22 bits per heavy atom. The van der Waals surface area contributed by atoms with E-state index in [2.05, 4.69) is 20.5 Å². The monoisotopic (exact) mass is 461 g/mol. The first-order chi connectivity index (χ1) is 15.2. The molecule has 3 heterocycles. The number of alkyl halides is 2. The maximum absolute atomic E-state index is 14.0. The molecular formula is C21H21F2N5O3S. The van der Waals surface area contributed by atoms with Crippen LogP contribution < -0.4 is 5.32 Å². The number of pyridine rings is 1. The molecule has 1 aromatic carbocycles. The second-order valence-electron chi connectivity index (χ2n) is 8.35. The van der Waals surface area contributed by atoms with Gasteiger partial charge in [-0.15, -0.1) is 0 Å². The second kappa shape index (κ2) is 7.59. The number of carbonyl (C=O) groups is 1. The number of aromatic amines is 1. The fourth-order valence-electron chi connectivity index (χ4n) is 4.54. The number of sulfonamides is 1. The quantitative estimate of drug-likeness (QED) is 0.607. The van der Waals surface area contributed by atoms with Crippen molar-refractivity contribution >= 4 is 27.0 Å². The predicted octanol–water partition coefficient (Wildman–Crippen LogP) is 2.55. The van der Waals surface area contributed by atoms with E-state index in [9.17, 15) is 22.0 Å². The Balaban J connectivity index is 1.23. The molecule has 2 fully saturated rings. The number of amides is 1. The van der Waals surface area contributed by atoms with E-state index >= 15 is 0 Å². The van der Waals surface area contributed by atoms with Gasteiger partial charge >= 0.3 is 0 Å². The van der Waals surface area contributed by atoms with Gasteiger partial charge in [-0.05, 0) is 36.1 Å². The second-order valence-corrected chi connectivity index (χ2v) is 10.3. The van der Waals surface area contributed by atoms with E-state index in [1.54, 1.807) is 24.4 Å². The van der Waals surface area contributed by atoms with Crippen molar-refractivity contribution in [2.24, 2.45) is 11.8 Å². The van der Waals surface area contributed by atoms with E-state index in [0.717, 1.165) is 5.39 Å². The summed E-state index contributed by atoms with van der Waals surface area (Å²) in [6.07, 6.45) is 3.21. The normalized spacial score (nSPS) is 22.8. The molecule has 11 heteroatoms. The van der Waals surface area contributed by atoms with Crippen LogP contribution in [0.1, 0.15) is 28.8 Å². The van der Waals surface area contributed by atoms with Gasteiger partial charge in [0.2, 0.25) is 10.0 Å². The highest BCUT2D eigenvalue weighted by atomic mass is 32.2. The summed E-state index contributed by atoms with van der Waals surface area (Å²) >= 11 is 0. The minimum absolute atomic E-state index is 0.0606. The molecule has 1 saturated heterocycles. The van der Waals surface area contributed by atoms with Crippen molar-refractivity contribution in [3.05, 3.63) is 53.9 Å². The van der Waals surface area contributed by atoms with Gasteiger partial charge in [-0.1, -0.05) is 12.1 Å². The molecule has 1 aliphatic carbocycles. The van der Waals surface area contributed by atoms with Crippen LogP contribution in [0.15, 0.2) is 47.6 Å². The van der Waals surface area contributed by atoms with Gasteiger partial charge in [-0.3, -0.25) is 9.89 Å². The molecule has 2 N–H and O–H groups in total. The van der Waals surface area contributed by atoms with Crippen molar-refractivity contribution in [3.63, 3.8) is 0 Å². The van der Waals surface area contributed by atoms with Crippen molar-refractivity contribution < 1.29 is 22.0 Å². The first-order valence-electron chi connectivity index (χ1n) is 10.3. The van der Waals surface area contributed by atoms with Gasteiger partial charge < -0.3 is 5.32 Å². The third kappa shape index (κ3) is 3.65. The lowest BCUT2D eigenvalue weighted by molar-refractivity contribution is -0.0376. The number of halogens is 2. The molecular weight excluding hydrogens is 440 g/mol. The predicted molar refractivity (Wildman–Crippen MR) is 111 cm³/mol. The van der Waals surface area contributed by atoms with Crippen LogP contribution in [0.4, 0.5) is 8.78 Å². The SMILES string of the molecule is O=C(NCc1ccc(S(=O)(=O)N2C[C@H]3CCC(F)(F)[C@H]3C2)cc1)c1cnc2[nH]ncc2c1. The zero-order valence-electron chi connectivity index (χ0n) is 17.0. The highest BCUT2D eigenvalue weighted by molar-refractivity contribution is 7.89. The number of H-pyrrole nitrogens is 1. The van der Waals surface area contributed by atoms with Gasteiger partial charge in [-0.2, -0.15) is 9.40 Å². The Hall–Kier alpha value is -2.92. The Kier molecular flexibility index (Phi) is 4.97. The molecule has 1 aliphatic heterocycles. The molecule has 1 amide bonds. The molecule has 32 heavy (non-hydrogen) atoms. The zero-order valence-corrected chi connectivity index (χ0v) is 17.8. The lowest BCUT2D eigenvalue weighted by Gasteiger charge is -2.20. The molecule has 2 aromatic heterocycles. The van der Waals surface area contributed by atoms with Gasteiger partial charge in [0.1, 0.15) is 0 Å². The molecule has 0 spiro atoms.